The van der Waals surface area contributed by atoms with E-state index < -0.39 is 0 Å². The van der Waals surface area contributed by atoms with Crippen LogP contribution in [-0.4, -0.2) is 34.8 Å². The third-order valence-corrected chi connectivity index (χ3v) is 6.04. The first-order valence-electron chi connectivity index (χ1n) is 11.6. The lowest BCUT2D eigenvalue weighted by Gasteiger charge is -2.30. The van der Waals surface area contributed by atoms with Gasteiger partial charge in [0, 0.05) is 43.2 Å². The van der Waals surface area contributed by atoms with E-state index in [1.54, 1.807) is 18.2 Å². The van der Waals surface area contributed by atoms with Crippen LogP contribution in [0.25, 0.3) is 6.08 Å². The van der Waals surface area contributed by atoms with E-state index in [0.29, 0.717) is 44.6 Å². The summed E-state index contributed by atoms with van der Waals surface area (Å²) in [6.07, 6.45) is 5.60. The number of halogens is 1. The van der Waals surface area contributed by atoms with Gasteiger partial charge in [0.2, 0.25) is 11.8 Å². The summed E-state index contributed by atoms with van der Waals surface area (Å²) in [4.78, 5) is 31.3. The summed E-state index contributed by atoms with van der Waals surface area (Å²) < 4.78 is 19.4. The molecule has 0 unspecified atom stereocenters. The van der Waals surface area contributed by atoms with Crippen molar-refractivity contribution < 1.29 is 18.7 Å². The maximum atomic E-state index is 13.7. The Hall–Kier alpha value is -4.00. The molecule has 180 valence electrons. The lowest BCUT2D eigenvalue weighted by atomic mass is 9.94. The van der Waals surface area contributed by atoms with Gasteiger partial charge in [-0.1, -0.05) is 36.4 Å². The summed E-state index contributed by atoms with van der Waals surface area (Å²) in [7, 11) is 0. The van der Waals surface area contributed by atoms with Gasteiger partial charge >= 0.3 is 0 Å². The van der Waals surface area contributed by atoms with Gasteiger partial charge in [0.15, 0.2) is 0 Å². The molecule has 0 aliphatic carbocycles. The smallest absolute Gasteiger partial charge is 0.244 e. The van der Waals surface area contributed by atoms with Crippen molar-refractivity contribution in [2.45, 2.75) is 32.9 Å². The fourth-order valence-corrected chi connectivity index (χ4v) is 4.11. The monoisotopic (exact) mass is 473 g/mol. The molecule has 1 aromatic heterocycles. The number of pyridine rings is 1. The number of nitrogens with zero attached hydrogens (tertiary/aromatic N) is 2. The molecule has 0 saturated carbocycles. The molecule has 1 aliphatic rings. The van der Waals surface area contributed by atoms with Crippen molar-refractivity contribution in [3.63, 3.8) is 0 Å². The predicted octanol–water partition coefficient (Wildman–Crippen LogP) is 4.21. The van der Waals surface area contributed by atoms with Gasteiger partial charge in [-0.2, -0.15) is 0 Å². The maximum Gasteiger partial charge on any atom is 0.244 e. The normalized spacial score (nSPS) is 12.9. The van der Waals surface area contributed by atoms with Crippen LogP contribution in [0, 0.1) is 12.7 Å². The SMILES string of the molecule is Cc1ncc2c(c1CNC(=O)C=Cc1ccccc1F)CCN(C(=O)CCOc1ccccc1)C2. The van der Waals surface area contributed by atoms with Gasteiger partial charge in [-0.15, -0.1) is 0 Å². The standard InChI is InChI=1S/C28H28FN3O3/c1-20-25(18-31-27(33)12-11-21-7-5-6-10-26(21)29)24-13-15-32(19-22(24)17-30-20)28(34)14-16-35-23-8-3-2-4-9-23/h2-12,17H,13-16,18-19H2,1H3,(H,31,33). The minimum absolute atomic E-state index is 0.0419. The van der Waals surface area contributed by atoms with Crippen LogP contribution in [-0.2, 0) is 29.1 Å². The van der Waals surface area contributed by atoms with Crippen molar-refractivity contribution in [1.82, 2.24) is 15.2 Å². The number of rotatable bonds is 8. The van der Waals surface area contributed by atoms with E-state index in [4.69, 9.17) is 4.74 Å². The zero-order valence-electron chi connectivity index (χ0n) is 19.7. The second-order valence-electron chi connectivity index (χ2n) is 8.38. The molecule has 2 aromatic carbocycles. The van der Waals surface area contributed by atoms with Gasteiger partial charge in [-0.3, -0.25) is 14.6 Å². The number of carbonyl (C=O) groups is 2. The van der Waals surface area contributed by atoms with Crippen LogP contribution in [0.3, 0.4) is 0 Å². The molecule has 1 aliphatic heterocycles. The highest BCUT2D eigenvalue weighted by atomic mass is 19.1. The Bertz CT molecular complexity index is 1230. The second-order valence-corrected chi connectivity index (χ2v) is 8.38. The van der Waals surface area contributed by atoms with E-state index in [0.717, 1.165) is 28.1 Å². The Balaban J connectivity index is 1.33. The molecule has 3 aromatic rings. The first-order valence-corrected chi connectivity index (χ1v) is 11.6. The van der Waals surface area contributed by atoms with Gasteiger partial charge in [-0.05, 0) is 54.3 Å². The van der Waals surface area contributed by atoms with Gasteiger partial charge in [-0.25, -0.2) is 4.39 Å². The molecule has 0 radical (unpaired) electrons. The quantitative estimate of drug-likeness (QED) is 0.498. The van der Waals surface area contributed by atoms with Gasteiger partial charge in [0.05, 0.1) is 13.0 Å². The molecule has 2 heterocycles. The molecule has 0 fully saturated rings. The highest BCUT2D eigenvalue weighted by molar-refractivity contribution is 5.91. The molecule has 0 spiro atoms. The number of aromatic nitrogens is 1. The Labute approximate surface area is 204 Å². The number of para-hydroxylation sites is 1. The number of hydrogen-bond donors (Lipinski definition) is 1. The van der Waals surface area contributed by atoms with Gasteiger partial charge < -0.3 is 15.0 Å². The Morgan fingerprint density at radius 1 is 1.14 bits per heavy atom. The summed E-state index contributed by atoms with van der Waals surface area (Å²) in [5, 5.41) is 2.87. The molecule has 0 atom stereocenters. The molecule has 0 bridgehead atoms. The summed E-state index contributed by atoms with van der Waals surface area (Å²) in [5.41, 5.74) is 4.29. The van der Waals surface area contributed by atoms with E-state index in [1.165, 1.54) is 18.2 Å². The van der Waals surface area contributed by atoms with E-state index in [9.17, 15) is 14.0 Å². The van der Waals surface area contributed by atoms with Crippen molar-refractivity contribution in [2.75, 3.05) is 13.2 Å². The summed E-state index contributed by atoms with van der Waals surface area (Å²) in [6.45, 7) is 3.66. The van der Waals surface area contributed by atoms with Crippen LogP contribution in [0.4, 0.5) is 4.39 Å². The number of carbonyl (C=O) groups excluding carboxylic acids is 2. The molecule has 4 rings (SSSR count). The van der Waals surface area contributed by atoms with Crippen LogP contribution in [0.15, 0.2) is 66.9 Å². The number of fused-ring (bicyclic) bond motifs is 1. The van der Waals surface area contributed by atoms with Crippen molar-refractivity contribution in [2.24, 2.45) is 0 Å². The third kappa shape index (κ3) is 6.32. The molecular weight excluding hydrogens is 445 g/mol. The minimum Gasteiger partial charge on any atom is -0.493 e. The van der Waals surface area contributed by atoms with E-state index in [2.05, 4.69) is 10.3 Å². The third-order valence-electron chi connectivity index (χ3n) is 6.04. The minimum atomic E-state index is -0.376. The van der Waals surface area contributed by atoms with E-state index in [-0.39, 0.29) is 17.6 Å². The Morgan fingerprint density at radius 2 is 1.91 bits per heavy atom. The molecule has 0 saturated heterocycles. The zero-order chi connectivity index (χ0) is 24.6. The number of nitrogens with one attached hydrogen (secondary N) is 1. The average molecular weight is 474 g/mol. The van der Waals surface area contributed by atoms with Crippen LogP contribution in [0.2, 0.25) is 0 Å². The molecule has 7 heteroatoms. The molecule has 35 heavy (non-hydrogen) atoms. The topological polar surface area (TPSA) is 71.5 Å². The molecule has 1 N–H and O–H groups in total. The molecular formula is C28H28FN3O3. The average Bonchev–Trinajstić information content (AvgIpc) is 2.88. The largest absolute Gasteiger partial charge is 0.493 e. The predicted molar refractivity (Wildman–Crippen MR) is 132 cm³/mol. The van der Waals surface area contributed by atoms with Crippen molar-refractivity contribution in [3.8, 4) is 5.75 Å². The lowest BCUT2D eigenvalue weighted by Crippen LogP contribution is -2.37. The summed E-state index contributed by atoms with van der Waals surface area (Å²) >= 11 is 0. The molecule has 6 nitrogen and oxygen atoms in total. The fraction of sp³-hybridized carbons (Fsp3) is 0.250. The zero-order valence-corrected chi connectivity index (χ0v) is 19.7. The van der Waals surface area contributed by atoms with Crippen molar-refractivity contribution in [3.05, 3.63) is 101 Å². The van der Waals surface area contributed by atoms with E-state index in [1.807, 2.05) is 48.4 Å². The van der Waals surface area contributed by atoms with Crippen LogP contribution < -0.4 is 10.1 Å². The van der Waals surface area contributed by atoms with Gasteiger partial charge in [0.25, 0.3) is 0 Å². The van der Waals surface area contributed by atoms with Crippen LogP contribution in [0.5, 0.6) is 5.75 Å². The first kappa shape index (κ1) is 24.1. The fourth-order valence-electron chi connectivity index (χ4n) is 4.11. The van der Waals surface area contributed by atoms with Crippen LogP contribution >= 0.6 is 0 Å². The summed E-state index contributed by atoms with van der Waals surface area (Å²) in [6, 6.07) is 15.7. The number of aryl methyl sites for hydroxylation is 1. The Morgan fingerprint density at radius 3 is 2.71 bits per heavy atom. The number of benzene rings is 2. The lowest BCUT2D eigenvalue weighted by molar-refractivity contribution is -0.132. The summed E-state index contributed by atoms with van der Waals surface area (Å²) in [5.74, 6) is 0.107. The van der Waals surface area contributed by atoms with E-state index >= 15 is 0 Å². The van der Waals surface area contributed by atoms with Crippen LogP contribution in [0.1, 0.15) is 34.4 Å². The second kappa shape index (κ2) is 11.4. The maximum absolute atomic E-state index is 13.7. The Kier molecular flexibility index (Phi) is 7.88. The number of ether oxygens (including phenoxy) is 1. The van der Waals surface area contributed by atoms with Crippen molar-refractivity contribution >= 4 is 17.9 Å². The van der Waals surface area contributed by atoms with Crippen molar-refractivity contribution in [1.29, 1.82) is 0 Å². The number of amides is 2. The van der Waals surface area contributed by atoms with Gasteiger partial charge in [0.1, 0.15) is 11.6 Å². The first-order chi connectivity index (χ1) is 17.0. The number of hydrogen-bond acceptors (Lipinski definition) is 4. The molecule has 2 amide bonds. The highest BCUT2D eigenvalue weighted by Gasteiger charge is 2.24. The highest BCUT2D eigenvalue weighted by Crippen LogP contribution is 2.24.